The van der Waals surface area contributed by atoms with Crippen molar-refractivity contribution < 1.29 is 9.47 Å². The molecule has 0 bridgehead atoms. The van der Waals surface area contributed by atoms with E-state index in [-0.39, 0.29) is 6.04 Å². The predicted molar refractivity (Wildman–Crippen MR) is 86.3 cm³/mol. The van der Waals surface area contributed by atoms with E-state index >= 15 is 0 Å². The molecule has 21 heavy (non-hydrogen) atoms. The van der Waals surface area contributed by atoms with Gasteiger partial charge >= 0.3 is 0 Å². The van der Waals surface area contributed by atoms with Gasteiger partial charge in [-0.2, -0.15) is 0 Å². The molecule has 0 unspecified atom stereocenters. The normalized spacial score (nSPS) is 12.0. The van der Waals surface area contributed by atoms with Crippen LogP contribution in [0.15, 0.2) is 42.5 Å². The van der Waals surface area contributed by atoms with Crippen molar-refractivity contribution in [2.75, 3.05) is 14.2 Å². The van der Waals surface area contributed by atoms with Gasteiger partial charge < -0.3 is 14.8 Å². The topological polar surface area (TPSA) is 30.5 Å². The fourth-order valence-corrected chi connectivity index (χ4v) is 2.40. The number of benzene rings is 2. The van der Waals surface area contributed by atoms with Gasteiger partial charge in [-0.05, 0) is 36.8 Å². The van der Waals surface area contributed by atoms with Crippen LogP contribution in [0.25, 0.3) is 0 Å². The summed E-state index contributed by atoms with van der Waals surface area (Å²) in [5.41, 5.74) is 2.17. The highest BCUT2D eigenvalue weighted by molar-refractivity contribution is 6.31. The summed E-state index contributed by atoms with van der Waals surface area (Å²) in [6.07, 6.45) is 0. The summed E-state index contributed by atoms with van der Waals surface area (Å²) in [6.45, 7) is 2.77. The fourth-order valence-electron chi connectivity index (χ4n) is 2.17. The van der Waals surface area contributed by atoms with Crippen LogP contribution in [0, 0.1) is 0 Å². The number of hydrogen-bond donors (Lipinski definition) is 1. The van der Waals surface area contributed by atoms with Crippen molar-refractivity contribution in [3.63, 3.8) is 0 Å². The maximum Gasteiger partial charge on any atom is 0.124 e. The van der Waals surface area contributed by atoms with E-state index < -0.39 is 0 Å². The molecule has 3 nitrogen and oxygen atoms in total. The first kappa shape index (κ1) is 15.7. The molecule has 0 heterocycles. The summed E-state index contributed by atoms with van der Waals surface area (Å²) < 4.78 is 10.5. The molecule has 0 aromatic heterocycles. The van der Waals surface area contributed by atoms with Crippen LogP contribution in [0.3, 0.4) is 0 Å². The number of methoxy groups -OCH3 is 2. The van der Waals surface area contributed by atoms with Crippen LogP contribution in [0.4, 0.5) is 0 Å². The number of nitrogens with one attached hydrogen (secondary N) is 1. The van der Waals surface area contributed by atoms with Crippen molar-refractivity contribution in [3.8, 4) is 11.5 Å². The summed E-state index contributed by atoms with van der Waals surface area (Å²) in [6, 6.07) is 13.9. The summed E-state index contributed by atoms with van der Waals surface area (Å²) in [5.74, 6) is 1.66. The Balaban J connectivity index is 2.05. The Morgan fingerprint density at radius 1 is 1.05 bits per heavy atom. The van der Waals surface area contributed by atoms with Gasteiger partial charge in [0.2, 0.25) is 0 Å². The van der Waals surface area contributed by atoms with Crippen molar-refractivity contribution in [1.82, 2.24) is 5.32 Å². The van der Waals surface area contributed by atoms with Crippen LogP contribution in [-0.4, -0.2) is 14.2 Å². The minimum Gasteiger partial charge on any atom is -0.497 e. The summed E-state index contributed by atoms with van der Waals surface area (Å²) >= 11 is 6.24. The first-order valence-corrected chi connectivity index (χ1v) is 7.22. The van der Waals surface area contributed by atoms with E-state index in [4.69, 9.17) is 21.1 Å². The highest BCUT2D eigenvalue weighted by Crippen LogP contribution is 2.27. The number of ether oxygens (including phenoxy) is 2. The Kier molecular flexibility index (Phi) is 5.48. The number of hydrogen-bond acceptors (Lipinski definition) is 3. The molecular weight excluding hydrogens is 286 g/mol. The third-order valence-electron chi connectivity index (χ3n) is 3.50. The quantitative estimate of drug-likeness (QED) is 0.867. The largest absolute Gasteiger partial charge is 0.497 e. The molecule has 0 amide bonds. The second-order valence-electron chi connectivity index (χ2n) is 4.80. The highest BCUT2D eigenvalue weighted by atomic mass is 35.5. The van der Waals surface area contributed by atoms with E-state index in [0.29, 0.717) is 11.6 Å². The van der Waals surface area contributed by atoms with Gasteiger partial charge in [-0.15, -0.1) is 0 Å². The highest BCUT2D eigenvalue weighted by Gasteiger charge is 2.10. The van der Waals surface area contributed by atoms with Crippen LogP contribution in [0.1, 0.15) is 24.1 Å². The molecule has 4 heteroatoms. The average molecular weight is 306 g/mol. The molecule has 0 aliphatic carbocycles. The molecule has 0 spiro atoms. The molecule has 0 aliphatic rings. The summed E-state index contributed by atoms with van der Waals surface area (Å²) in [5, 5.41) is 4.17. The zero-order valence-electron chi connectivity index (χ0n) is 12.5. The van der Waals surface area contributed by atoms with Crippen molar-refractivity contribution >= 4 is 11.6 Å². The zero-order valence-corrected chi connectivity index (χ0v) is 13.3. The van der Waals surface area contributed by atoms with Gasteiger partial charge in [0.25, 0.3) is 0 Å². The molecule has 2 aromatic carbocycles. The molecule has 2 rings (SSSR count). The summed E-state index contributed by atoms with van der Waals surface area (Å²) in [7, 11) is 3.32. The molecule has 0 aliphatic heterocycles. The van der Waals surface area contributed by atoms with Gasteiger partial charge in [0, 0.05) is 23.2 Å². The Morgan fingerprint density at radius 2 is 1.76 bits per heavy atom. The molecular formula is C17H20ClNO2. The first-order valence-electron chi connectivity index (χ1n) is 6.84. The van der Waals surface area contributed by atoms with Crippen LogP contribution < -0.4 is 14.8 Å². The van der Waals surface area contributed by atoms with Gasteiger partial charge in [-0.3, -0.25) is 0 Å². The van der Waals surface area contributed by atoms with E-state index in [9.17, 15) is 0 Å². The van der Waals surface area contributed by atoms with Gasteiger partial charge in [-0.25, -0.2) is 0 Å². The van der Waals surface area contributed by atoms with E-state index in [2.05, 4.69) is 24.4 Å². The van der Waals surface area contributed by atoms with Gasteiger partial charge in [0.05, 0.1) is 14.2 Å². The van der Waals surface area contributed by atoms with Crippen LogP contribution in [0.2, 0.25) is 5.02 Å². The first-order chi connectivity index (χ1) is 10.2. The molecule has 0 fully saturated rings. The van der Waals surface area contributed by atoms with Crippen LogP contribution in [0.5, 0.6) is 11.5 Å². The lowest BCUT2D eigenvalue weighted by Gasteiger charge is -2.17. The van der Waals surface area contributed by atoms with Crippen LogP contribution in [-0.2, 0) is 6.54 Å². The molecule has 112 valence electrons. The maximum absolute atomic E-state index is 6.24. The number of rotatable bonds is 6. The fraction of sp³-hybridized carbons (Fsp3) is 0.294. The smallest absolute Gasteiger partial charge is 0.124 e. The second-order valence-corrected chi connectivity index (χ2v) is 5.20. The minimum atomic E-state index is 0.205. The summed E-state index contributed by atoms with van der Waals surface area (Å²) in [4.78, 5) is 0. The number of halogens is 1. The average Bonchev–Trinajstić information content (AvgIpc) is 2.53. The second kappa shape index (κ2) is 7.34. The van der Waals surface area contributed by atoms with Crippen molar-refractivity contribution in [3.05, 3.63) is 58.6 Å². The lowest BCUT2D eigenvalue weighted by atomic mass is 10.1. The minimum absolute atomic E-state index is 0.205. The van der Waals surface area contributed by atoms with Crippen molar-refractivity contribution in [1.29, 1.82) is 0 Å². The maximum atomic E-state index is 6.24. The van der Waals surface area contributed by atoms with E-state index in [1.165, 1.54) is 5.56 Å². The Morgan fingerprint density at radius 3 is 2.38 bits per heavy atom. The molecule has 1 atom stereocenters. The van der Waals surface area contributed by atoms with Gasteiger partial charge in [0.15, 0.2) is 0 Å². The molecule has 0 saturated heterocycles. The van der Waals surface area contributed by atoms with Crippen molar-refractivity contribution in [2.24, 2.45) is 0 Å². The Labute approximate surface area is 130 Å². The van der Waals surface area contributed by atoms with E-state index in [1.807, 2.05) is 30.3 Å². The van der Waals surface area contributed by atoms with E-state index in [1.54, 1.807) is 14.2 Å². The molecule has 1 N–H and O–H groups in total. The lowest BCUT2D eigenvalue weighted by Crippen LogP contribution is -2.18. The van der Waals surface area contributed by atoms with E-state index in [0.717, 1.165) is 17.1 Å². The SMILES string of the molecule is COc1ccc([C@H](C)NCc2c(Cl)cccc2OC)cc1. The van der Waals surface area contributed by atoms with Gasteiger partial charge in [0.1, 0.15) is 11.5 Å². The molecule has 0 saturated carbocycles. The zero-order chi connectivity index (χ0) is 15.2. The monoisotopic (exact) mass is 305 g/mol. The molecule has 0 radical (unpaired) electrons. The Bertz CT molecular complexity index is 584. The lowest BCUT2D eigenvalue weighted by molar-refractivity contribution is 0.406. The van der Waals surface area contributed by atoms with Crippen molar-refractivity contribution in [2.45, 2.75) is 19.5 Å². The van der Waals surface area contributed by atoms with Gasteiger partial charge in [-0.1, -0.05) is 29.8 Å². The molecule has 2 aromatic rings. The predicted octanol–water partition coefficient (Wildman–Crippen LogP) is 4.21. The van der Waals surface area contributed by atoms with Crippen LogP contribution >= 0.6 is 11.6 Å². The Hall–Kier alpha value is -1.71. The third-order valence-corrected chi connectivity index (χ3v) is 3.85. The third kappa shape index (κ3) is 3.90. The standard InChI is InChI=1S/C17H20ClNO2/c1-12(13-7-9-14(20-2)10-8-13)19-11-15-16(18)5-4-6-17(15)21-3/h4-10,12,19H,11H2,1-3H3/t12-/m0/s1.